The van der Waals surface area contributed by atoms with Crippen molar-refractivity contribution in [1.82, 2.24) is 19.5 Å². The Balaban J connectivity index is 1.56. The second-order valence-corrected chi connectivity index (χ2v) is 8.69. The molecule has 7 nitrogen and oxygen atoms in total. The third kappa shape index (κ3) is 3.73. The lowest BCUT2D eigenvalue weighted by Crippen LogP contribution is -2.39. The highest BCUT2D eigenvalue weighted by Crippen LogP contribution is 2.31. The van der Waals surface area contributed by atoms with Crippen LogP contribution in [0.3, 0.4) is 0 Å². The average molecular weight is 405 g/mol. The van der Waals surface area contributed by atoms with Crippen molar-refractivity contribution in [3.05, 3.63) is 59.6 Å². The highest BCUT2D eigenvalue weighted by Gasteiger charge is 2.33. The molecule has 0 radical (unpaired) electrons. The minimum atomic E-state index is -3.62. The Morgan fingerprint density at radius 3 is 2.81 bits per heavy atom. The molecule has 0 bridgehead atoms. The molecule has 1 aliphatic rings. The van der Waals surface area contributed by atoms with Crippen LogP contribution in [0.2, 0.25) is 5.02 Å². The van der Waals surface area contributed by atoms with Gasteiger partial charge in [0.25, 0.3) is 5.89 Å². The van der Waals surface area contributed by atoms with Crippen LogP contribution in [-0.2, 0) is 10.0 Å². The van der Waals surface area contributed by atoms with Crippen LogP contribution in [0.4, 0.5) is 0 Å². The van der Waals surface area contributed by atoms with Crippen LogP contribution in [0.25, 0.3) is 11.6 Å². The molecule has 3 aromatic rings. The third-order valence-electron chi connectivity index (χ3n) is 4.49. The molecule has 3 heterocycles. The zero-order chi connectivity index (χ0) is 18.9. The van der Waals surface area contributed by atoms with Crippen molar-refractivity contribution in [2.24, 2.45) is 0 Å². The number of piperidine rings is 1. The van der Waals surface area contributed by atoms with Gasteiger partial charge in [-0.2, -0.15) is 4.31 Å². The number of sulfonamides is 1. The lowest BCUT2D eigenvalue weighted by molar-refractivity contribution is 0.286. The van der Waals surface area contributed by atoms with E-state index < -0.39 is 10.0 Å². The van der Waals surface area contributed by atoms with Gasteiger partial charge in [-0.1, -0.05) is 23.7 Å². The molecular weight excluding hydrogens is 388 g/mol. The molecule has 0 aliphatic carbocycles. The van der Waals surface area contributed by atoms with Crippen molar-refractivity contribution < 1.29 is 12.8 Å². The lowest BCUT2D eigenvalue weighted by Gasteiger charge is -2.30. The Morgan fingerprint density at radius 1 is 1.15 bits per heavy atom. The molecule has 0 spiro atoms. The Hall–Kier alpha value is -2.29. The van der Waals surface area contributed by atoms with Crippen LogP contribution in [0.15, 0.2) is 58.0 Å². The number of hydrogen-bond donors (Lipinski definition) is 0. The third-order valence-corrected chi connectivity index (χ3v) is 6.59. The zero-order valence-corrected chi connectivity index (χ0v) is 15.9. The number of nitrogens with zero attached hydrogens (tertiary/aromatic N) is 4. The molecule has 27 heavy (non-hydrogen) atoms. The van der Waals surface area contributed by atoms with E-state index in [4.69, 9.17) is 16.0 Å². The van der Waals surface area contributed by atoms with Crippen LogP contribution < -0.4 is 0 Å². The average Bonchev–Trinajstić information content (AvgIpc) is 3.19. The maximum Gasteiger partial charge on any atom is 0.266 e. The quantitative estimate of drug-likeness (QED) is 0.662. The van der Waals surface area contributed by atoms with E-state index in [-0.39, 0.29) is 10.8 Å². The first-order valence-electron chi connectivity index (χ1n) is 8.54. The molecule has 1 saturated heterocycles. The van der Waals surface area contributed by atoms with E-state index >= 15 is 0 Å². The summed E-state index contributed by atoms with van der Waals surface area (Å²) in [6.07, 6.45) is 3.15. The van der Waals surface area contributed by atoms with Gasteiger partial charge in [0, 0.05) is 24.3 Å². The smallest absolute Gasteiger partial charge is 0.266 e. The lowest BCUT2D eigenvalue weighted by atomic mass is 10.00. The summed E-state index contributed by atoms with van der Waals surface area (Å²) in [5, 5.41) is 8.56. The molecular formula is C18H17ClN4O3S. The predicted molar refractivity (Wildman–Crippen MR) is 99.7 cm³/mol. The second kappa shape index (κ2) is 7.38. The first-order chi connectivity index (χ1) is 13.0. The molecule has 9 heteroatoms. The largest absolute Gasteiger partial charge is 0.419 e. The monoisotopic (exact) mass is 404 g/mol. The first-order valence-corrected chi connectivity index (χ1v) is 10.4. The fourth-order valence-electron chi connectivity index (χ4n) is 3.13. The highest BCUT2D eigenvalue weighted by molar-refractivity contribution is 7.89. The van der Waals surface area contributed by atoms with Crippen molar-refractivity contribution >= 4 is 21.6 Å². The summed E-state index contributed by atoms with van der Waals surface area (Å²) in [7, 11) is -3.62. The van der Waals surface area contributed by atoms with Gasteiger partial charge in [0.1, 0.15) is 5.69 Å². The Bertz CT molecular complexity index is 1040. The van der Waals surface area contributed by atoms with Crippen molar-refractivity contribution in [1.29, 1.82) is 0 Å². The van der Waals surface area contributed by atoms with Gasteiger partial charge in [0.2, 0.25) is 15.9 Å². The summed E-state index contributed by atoms with van der Waals surface area (Å²) in [6.45, 7) is 0.741. The molecule has 4 rings (SSSR count). The van der Waals surface area contributed by atoms with Crippen LogP contribution >= 0.6 is 11.6 Å². The molecule has 140 valence electrons. The van der Waals surface area contributed by atoms with E-state index in [2.05, 4.69) is 15.2 Å². The fraction of sp³-hybridized carbons (Fsp3) is 0.278. The van der Waals surface area contributed by atoms with E-state index in [9.17, 15) is 8.42 Å². The topological polar surface area (TPSA) is 89.2 Å². The van der Waals surface area contributed by atoms with Crippen molar-refractivity contribution in [2.45, 2.75) is 23.7 Å². The summed E-state index contributed by atoms with van der Waals surface area (Å²) in [5.74, 6) is 0.611. The maximum atomic E-state index is 12.9. The molecule has 0 unspecified atom stereocenters. The van der Waals surface area contributed by atoms with Gasteiger partial charge in [-0.3, -0.25) is 4.98 Å². The minimum absolute atomic E-state index is 0.155. The fourth-order valence-corrected chi connectivity index (χ4v) is 4.96. The van der Waals surface area contributed by atoms with E-state index in [1.54, 1.807) is 36.5 Å². The summed E-state index contributed by atoms with van der Waals surface area (Å²) in [5.41, 5.74) is 0.593. The molecule has 1 aliphatic heterocycles. The Morgan fingerprint density at radius 2 is 2.04 bits per heavy atom. The Labute approximate surface area is 162 Å². The number of halogens is 1. The van der Waals surface area contributed by atoms with E-state index in [1.165, 1.54) is 10.4 Å². The van der Waals surface area contributed by atoms with E-state index in [1.807, 2.05) is 6.07 Å². The molecule has 1 atom stereocenters. The van der Waals surface area contributed by atoms with Gasteiger partial charge in [0.15, 0.2) is 0 Å². The van der Waals surface area contributed by atoms with Gasteiger partial charge >= 0.3 is 0 Å². The van der Waals surface area contributed by atoms with Crippen LogP contribution in [-0.4, -0.2) is 41.0 Å². The van der Waals surface area contributed by atoms with Gasteiger partial charge in [-0.15, -0.1) is 10.2 Å². The van der Waals surface area contributed by atoms with Crippen LogP contribution in [0.1, 0.15) is 24.7 Å². The summed E-state index contributed by atoms with van der Waals surface area (Å²) >= 11 is 5.95. The first kappa shape index (κ1) is 18.1. The molecule has 0 amide bonds. The minimum Gasteiger partial charge on any atom is -0.419 e. The SMILES string of the molecule is O=S(=O)(c1cccc(Cl)c1)N1CCC[C@H](c2nnc(-c3ccccn3)o2)C1. The summed E-state index contributed by atoms with van der Waals surface area (Å²) in [6, 6.07) is 11.7. The van der Waals surface area contributed by atoms with Crippen molar-refractivity contribution in [2.75, 3.05) is 13.1 Å². The van der Waals surface area contributed by atoms with Crippen LogP contribution in [0.5, 0.6) is 0 Å². The number of hydrogen-bond acceptors (Lipinski definition) is 6. The van der Waals surface area contributed by atoms with Crippen molar-refractivity contribution in [3.63, 3.8) is 0 Å². The number of aromatic nitrogens is 3. The van der Waals surface area contributed by atoms with Crippen molar-refractivity contribution in [3.8, 4) is 11.6 Å². The van der Waals surface area contributed by atoms with Gasteiger partial charge in [0.05, 0.1) is 10.8 Å². The van der Waals surface area contributed by atoms with Crippen LogP contribution in [0, 0.1) is 0 Å². The maximum absolute atomic E-state index is 12.9. The van der Waals surface area contributed by atoms with E-state index in [0.29, 0.717) is 42.0 Å². The number of rotatable bonds is 4. The predicted octanol–water partition coefficient (Wildman–Crippen LogP) is 3.35. The number of benzene rings is 1. The second-order valence-electron chi connectivity index (χ2n) is 6.32. The number of pyridine rings is 1. The normalized spacial score (nSPS) is 18.5. The molecule has 0 saturated carbocycles. The molecule has 0 N–H and O–H groups in total. The van der Waals surface area contributed by atoms with Gasteiger partial charge < -0.3 is 4.42 Å². The van der Waals surface area contributed by atoms with Gasteiger partial charge in [-0.05, 0) is 43.2 Å². The van der Waals surface area contributed by atoms with Gasteiger partial charge in [-0.25, -0.2) is 8.42 Å². The summed E-state index contributed by atoms with van der Waals surface area (Å²) < 4.78 is 33.1. The molecule has 1 fully saturated rings. The zero-order valence-electron chi connectivity index (χ0n) is 14.3. The highest BCUT2D eigenvalue weighted by atomic mass is 35.5. The molecule has 1 aromatic carbocycles. The van der Waals surface area contributed by atoms with E-state index in [0.717, 1.165) is 6.42 Å². The standard InChI is InChI=1S/C18H17ClN4O3S/c19-14-6-3-7-15(11-14)27(24,25)23-10-4-5-13(12-23)17-21-22-18(26-17)16-8-1-2-9-20-16/h1-3,6-9,11,13H,4-5,10,12H2/t13-/m0/s1. The molecule has 2 aromatic heterocycles. The summed E-state index contributed by atoms with van der Waals surface area (Å²) in [4.78, 5) is 4.38. The Kier molecular flexibility index (Phi) is 4.94.